The SMILES string of the molecule is CS(=O)(=O)OC1CCN(c2cccc(OC(F)(F)F)c2)C1=O. The zero-order valence-corrected chi connectivity index (χ0v) is 12.1. The Morgan fingerprint density at radius 1 is 1.32 bits per heavy atom. The Hall–Kier alpha value is -1.81. The Balaban J connectivity index is 2.16. The van der Waals surface area contributed by atoms with Crippen molar-refractivity contribution in [1.82, 2.24) is 0 Å². The number of ether oxygens (including phenoxy) is 1. The van der Waals surface area contributed by atoms with Crippen LogP contribution in [-0.2, 0) is 19.1 Å². The minimum atomic E-state index is -4.84. The average Bonchev–Trinajstić information content (AvgIpc) is 2.67. The molecule has 6 nitrogen and oxygen atoms in total. The summed E-state index contributed by atoms with van der Waals surface area (Å²) in [5.74, 6) is -1.10. The maximum Gasteiger partial charge on any atom is 0.573 e. The lowest BCUT2D eigenvalue weighted by molar-refractivity contribution is -0.274. The molecule has 10 heteroatoms. The van der Waals surface area contributed by atoms with E-state index in [-0.39, 0.29) is 18.7 Å². The Morgan fingerprint density at radius 2 is 2.00 bits per heavy atom. The smallest absolute Gasteiger partial charge is 0.406 e. The molecule has 1 aromatic rings. The van der Waals surface area contributed by atoms with Crippen LogP contribution < -0.4 is 9.64 Å². The second-order valence-corrected chi connectivity index (χ2v) is 6.21. The van der Waals surface area contributed by atoms with Gasteiger partial charge in [0.15, 0.2) is 6.10 Å². The molecule has 1 aliphatic rings. The van der Waals surface area contributed by atoms with Gasteiger partial charge in [-0.1, -0.05) is 6.07 Å². The van der Waals surface area contributed by atoms with Crippen molar-refractivity contribution in [2.45, 2.75) is 18.9 Å². The molecule has 0 spiro atoms. The Kier molecular flexibility index (Phi) is 4.34. The first-order valence-corrected chi connectivity index (χ1v) is 7.92. The van der Waals surface area contributed by atoms with Gasteiger partial charge in [-0.2, -0.15) is 8.42 Å². The number of hydrogen-bond acceptors (Lipinski definition) is 5. The highest BCUT2D eigenvalue weighted by Gasteiger charge is 2.36. The lowest BCUT2D eigenvalue weighted by Crippen LogP contribution is -2.31. The van der Waals surface area contributed by atoms with E-state index in [0.717, 1.165) is 23.3 Å². The molecule has 0 bridgehead atoms. The van der Waals surface area contributed by atoms with Crippen LogP contribution in [0, 0.1) is 0 Å². The third-order valence-electron chi connectivity index (χ3n) is 2.81. The van der Waals surface area contributed by atoms with Crippen LogP contribution in [0.5, 0.6) is 5.75 Å². The van der Waals surface area contributed by atoms with Crippen molar-refractivity contribution >= 4 is 21.7 Å². The first-order valence-electron chi connectivity index (χ1n) is 6.11. The molecular weight excluding hydrogens is 327 g/mol. The van der Waals surface area contributed by atoms with Crippen LogP contribution in [0.2, 0.25) is 0 Å². The summed E-state index contributed by atoms with van der Waals surface area (Å²) in [5, 5.41) is 0. The average molecular weight is 339 g/mol. The van der Waals surface area contributed by atoms with Crippen molar-refractivity contribution in [2.24, 2.45) is 0 Å². The second-order valence-electron chi connectivity index (χ2n) is 4.61. The summed E-state index contributed by atoms with van der Waals surface area (Å²) >= 11 is 0. The van der Waals surface area contributed by atoms with Gasteiger partial charge in [0.25, 0.3) is 16.0 Å². The standard InChI is InChI=1S/C12H12F3NO5S/c1-22(18,19)21-10-5-6-16(11(10)17)8-3-2-4-9(7-8)20-12(13,14)15/h2-4,7,10H,5-6H2,1H3. The highest BCUT2D eigenvalue weighted by molar-refractivity contribution is 7.86. The molecule has 22 heavy (non-hydrogen) atoms. The van der Waals surface area contributed by atoms with Gasteiger partial charge in [-0.15, -0.1) is 13.2 Å². The van der Waals surface area contributed by atoms with E-state index >= 15 is 0 Å². The third-order valence-corrected chi connectivity index (χ3v) is 3.39. The Labute approximate surface area is 124 Å². The van der Waals surface area contributed by atoms with Crippen molar-refractivity contribution in [1.29, 1.82) is 0 Å². The van der Waals surface area contributed by atoms with Crippen molar-refractivity contribution < 1.29 is 35.3 Å². The van der Waals surface area contributed by atoms with Crippen LogP contribution in [0.1, 0.15) is 6.42 Å². The number of carbonyl (C=O) groups is 1. The van der Waals surface area contributed by atoms with E-state index in [0.29, 0.717) is 0 Å². The number of nitrogens with zero attached hydrogens (tertiary/aromatic N) is 1. The topological polar surface area (TPSA) is 72.9 Å². The molecule has 122 valence electrons. The summed E-state index contributed by atoms with van der Waals surface area (Å²) < 4.78 is 67.1. The lowest BCUT2D eigenvalue weighted by atomic mass is 10.3. The number of anilines is 1. The maximum atomic E-state index is 12.2. The first-order chi connectivity index (χ1) is 10.1. The van der Waals surface area contributed by atoms with E-state index in [1.807, 2.05) is 0 Å². The highest BCUT2D eigenvalue weighted by Crippen LogP contribution is 2.29. The van der Waals surface area contributed by atoms with E-state index in [2.05, 4.69) is 8.92 Å². The molecule has 1 unspecified atom stereocenters. The predicted molar refractivity (Wildman–Crippen MR) is 69.8 cm³/mol. The molecule has 1 aromatic carbocycles. The number of hydrogen-bond donors (Lipinski definition) is 0. The molecule has 1 fully saturated rings. The number of rotatable bonds is 4. The molecule has 0 aromatic heterocycles. The molecule has 0 N–H and O–H groups in total. The molecule has 1 saturated heterocycles. The van der Waals surface area contributed by atoms with Crippen LogP contribution in [-0.4, -0.2) is 39.6 Å². The van der Waals surface area contributed by atoms with Gasteiger partial charge in [0.2, 0.25) is 0 Å². The number of amides is 1. The number of halogens is 3. The maximum absolute atomic E-state index is 12.2. The fourth-order valence-electron chi connectivity index (χ4n) is 2.06. The summed E-state index contributed by atoms with van der Waals surface area (Å²) in [6, 6.07) is 4.87. The van der Waals surface area contributed by atoms with E-state index in [9.17, 15) is 26.4 Å². The quantitative estimate of drug-likeness (QED) is 0.780. The van der Waals surface area contributed by atoms with E-state index < -0.39 is 34.2 Å². The molecular formula is C12H12F3NO5S. The fourth-order valence-corrected chi connectivity index (χ4v) is 2.66. The minimum absolute atomic E-state index is 0.121. The highest BCUT2D eigenvalue weighted by atomic mass is 32.2. The van der Waals surface area contributed by atoms with Gasteiger partial charge >= 0.3 is 6.36 Å². The van der Waals surface area contributed by atoms with Crippen molar-refractivity contribution in [3.8, 4) is 5.75 Å². The normalized spacial score (nSPS) is 19.5. The van der Waals surface area contributed by atoms with Crippen molar-refractivity contribution in [3.63, 3.8) is 0 Å². The molecule has 1 heterocycles. The summed E-state index contributed by atoms with van der Waals surface area (Å²) in [6.45, 7) is 0.133. The van der Waals surface area contributed by atoms with Crippen molar-refractivity contribution in [3.05, 3.63) is 24.3 Å². The lowest BCUT2D eigenvalue weighted by Gasteiger charge is -2.18. The van der Waals surface area contributed by atoms with E-state index in [1.54, 1.807) is 0 Å². The summed E-state index contributed by atoms with van der Waals surface area (Å²) in [7, 11) is -3.80. The molecule has 1 aliphatic heterocycles. The van der Waals surface area contributed by atoms with Gasteiger partial charge in [0, 0.05) is 24.7 Å². The van der Waals surface area contributed by atoms with E-state index in [1.165, 1.54) is 12.1 Å². The molecule has 0 aliphatic carbocycles. The number of alkyl halides is 3. The van der Waals surface area contributed by atoms with Gasteiger partial charge in [-0.3, -0.25) is 8.98 Å². The van der Waals surface area contributed by atoms with Gasteiger partial charge in [-0.05, 0) is 12.1 Å². The molecule has 0 saturated carbocycles. The van der Waals surface area contributed by atoms with Gasteiger partial charge in [-0.25, -0.2) is 0 Å². The van der Waals surface area contributed by atoms with E-state index in [4.69, 9.17) is 0 Å². The minimum Gasteiger partial charge on any atom is -0.406 e. The second kappa shape index (κ2) is 5.76. The van der Waals surface area contributed by atoms with Crippen LogP contribution in [0.3, 0.4) is 0 Å². The zero-order chi connectivity index (χ0) is 16.5. The third kappa shape index (κ3) is 4.34. The van der Waals surface area contributed by atoms with Crippen LogP contribution in [0.4, 0.5) is 18.9 Å². The monoisotopic (exact) mass is 339 g/mol. The Morgan fingerprint density at radius 3 is 2.59 bits per heavy atom. The molecule has 0 radical (unpaired) electrons. The van der Waals surface area contributed by atoms with Gasteiger partial charge in [0.05, 0.1) is 6.26 Å². The summed E-state index contributed by atoms with van der Waals surface area (Å²) in [6.07, 6.45) is -5.06. The largest absolute Gasteiger partial charge is 0.573 e. The predicted octanol–water partition coefficient (Wildman–Crippen LogP) is 1.67. The fraction of sp³-hybridized carbons (Fsp3) is 0.417. The van der Waals surface area contributed by atoms with Crippen LogP contribution in [0.15, 0.2) is 24.3 Å². The molecule has 1 atom stereocenters. The molecule has 1 amide bonds. The number of benzene rings is 1. The van der Waals surface area contributed by atoms with Gasteiger partial charge < -0.3 is 9.64 Å². The summed E-state index contributed by atoms with van der Waals surface area (Å²) in [4.78, 5) is 13.2. The zero-order valence-electron chi connectivity index (χ0n) is 11.3. The Bertz CT molecular complexity index is 674. The van der Waals surface area contributed by atoms with Crippen LogP contribution in [0.25, 0.3) is 0 Å². The van der Waals surface area contributed by atoms with Gasteiger partial charge in [0.1, 0.15) is 5.75 Å². The van der Waals surface area contributed by atoms with Crippen LogP contribution >= 0.6 is 0 Å². The molecule has 2 rings (SSSR count). The number of carbonyl (C=O) groups excluding carboxylic acids is 1. The summed E-state index contributed by atoms with van der Waals surface area (Å²) in [5.41, 5.74) is 0.173. The first kappa shape index (κ1) is 16.6. The van der Waals surface area contributed by atoms with Crippen molar-refractivity contribution in [2.75, 3.05) is 17.7 Å².